The van der Waals surface area contributed by atoms with Gasteiger partial charge in [-0.05, 0) is 61.2 Å². The highest BCUT2D eigenvalue weighted by Gasteiger charge is 2.35. The van der Waals surface area contributed by atoms with Gasteiger partial charge in [-0.1, -0.05) is 83.6 Å². The van der Waals surface area contributed by atoms with Gasteiger partial charge >= 0.3 is 5.97 Å². The molecule has 1 aliphatic rings. The summed E-state index contributed by atoms with van der Waals surface area (Å²) in [5, 5.41) is 0.444. The average molecular weight is 671 g/mol. The van der Waals surface area contributed by atoms with Crippen LogP contribution in [0, 0.1) is 5.82 Å². The van der Waals surface area contributed by atoms with E-state index in [2.05, 4.69) is 0 Å². The van der Waals surface area contributed by atoms with Gasteiger partial charge in [0.15, 0.2) is 4.80 Å². The molecule has 0 spiro atoms. The van der Waals surface area contributed by atoms with Crippen molar-refractivity contribution in [1.82, 2.24) is 4.57 Å². The summed E-state index contributed by atoms with van der Waals surface area (Å²) in [7, 11) is 0. The van der Waals surface area contributed by atoms with E-state index in [4.69, 9.17) is 26.1 Å². The normalized spacial score (nSPS) is 14.5. The molecular formula is C36H28ClFN2O4S2. The van der Waals surface area contributed by atoms with E-state index in [-0.39, 0.29) is 30.2 Å². The van der Waals surface area contributed by atoms with E-state index in [1.807, 2.05) is 60.9 Å². The molecule has 0 unspecified atom stereocenters. The lowest BCUT2D eigenvalue weighted by Crippen LogP contribution is -2.40. The summed E-state index contributed by atoms with van der Waals surface area (Å²) in [6.45, 7) is 1.90. The third kappa shape index (κ3) is 6.44. The number of halogens is 2. The van der Waals surface area contributed by atoms with Gasteiger partial charge in [0.05, 0.1) is 28.5 Å². The molecule has 1 aromatic heterocycles. The van der Waals surface area contributed by atoms with Crippen molar-refractivity contribution in [3.63, 3.8) is 0 Å². The second-order valence-corrected chi connectivity index (χ2v) is 12.6. The van der Waals surface area contributed by atoms with Crippen molar-refractivity contribution in [3.05, 3.63) is 155 Å². The summed E-state index contributed by atoms with van der Waals surface area (Å²) in [4.78, 5) is 34.3. The van der Waals surface area contributed by atoms with E-state index in [0.717, 1.165) is 16.0 Å². The van der Waals surface area contributed by atoms with Crippen molar-refractivity contribution in [1.29, 1.82) is 0 Å². The van der Waals surface area contributed by atoms with Crippen LogP contribution in [0.3, 0.4) is 0 Å². The molecule has 6 nitrogen and oxygen atoms in total. The van der Waals surface area contributed by atoms with Crippen molar-refractivity contribution >= 4 is 52.4 Å². The molecule has 0 saturated heterocycles. The fraction of sp³-hybridized carbons (Fsp3) is 0.139. The minimum atomic E-state index is -0.792. The number of thiazole rings is 1. The maximum absolute atomic E-state index is 14.3. The van der Waals surface area contributed by atoms with Crippen molar-refractivity contribution in [2.75, 3.05) is 12.9 Å². The van der Waals surface area contributed by atoms with E-state index in [0.29, 0.717) is 36.9 Å². The molecule has 4 aromatic carbocycles. The third-order valence-electron chi connectivity index (χ3n) is 7.40. The van der Waals surface area contributed by atoms with E-state index in [9.17, 15) is 14.0 Å². The number of benzene rings is 4. The number of fused-ring (bicyclic) bond motifs is 1. The number of esters is 1. The fourth-order valence-corrected chi connectivity index (χ4v) is 6.80. The summed E-state index contributed by atoms with van der Waals surface area (Å²) in [5.41, 5.74) is 2.80. The predicted molar refractivity (Wildman–Crippen MR) is 181 cm³/mol. The third-order valence-corrected chi connectivity index (χ3v) is 9.37. The van der Waals surface area contributed by atoms with Crippen LogP contribution in [0.25, 0.3) is 11.8 Å². The van der Waals surface area contributed by atoms with Crippen molar-refractivity contribution in [2.45, 2.75) is 24.5 Å². The molecule has 10 heteroatoms. The minimum absolute atomic E-state index is 0.00816. The zero-order valence-electron chi connectivity index (χ0n) is 24.9. The molecule has 5 aromatic rings. The Bertz CT molecular complexity index is 2130. The Morgan fingerprint density at radius 2 is 1.78 bits per heavy atom. The number of nitrogens with zero attached hydrogens (tertiary/aromatic N) is 2. The first-order valence-electron chi connectivity index (χ1n) is 14.5. The number of rotatable bonds is 9. The Labute approximate surface area is 278 Å². The standard InChI is InChI=1S/C36H28ClFN2O4S2/c1-3-43-35(42)31-32(22-9-5-4-6-10-22)39-36-40(33(31)23-13-16-27(45-2)17-14-23)34(41)30(46-36)20-25-19-26(37)15-18-29(25)44-21-24-11-7-8-12-28(24)38/h4-20,33H,3,21H2,1-2H3/b30-20-/t33-/m1/s1. The molecular weight excluding hydrogens is 643 g/mol. The van der Waals surface area contributed by atoms with Crippen molar-refractivity contribution in [3.8, 4) is 5.75 Å². The van der Waals surface area contributed by atoms with Gasteiger partial charge in [-0.25, -0.2) is 14.2 Å². The molecule has 0 aliphatic carbocycles. The van der Waals surface area contributed by atoms with Crippen LogP contribution >= 0.6 is 34.7 Å². The van der Waals surface area contributed by atoms with E-state index < -0.39 is 12.0 Å². The summed E-state index contributed by atoms with van der Waals surface area (Å²) < 4.78 is 27.8. The number of carbonyl (C=O) groups is 1. The first-order chi connectivity index (χ1) is 22.4. The Morgan fingerprint density at radius 3 is 2.50 bits per heavy atom. The van der Waals surface area contributed by atoms with Gasteiger partial charge in [-0.15, -0.1) is 11.8 Å². The Hall–Kier alpha value is -4.44. The summed E-state index contributed by atoms with van der Waals surface area (Å²) in [6.07, 6.45) is 3.68. The first kappa shape index (κ1) is 31.5. The summed E-state index contributed by atoms with van der Waals surface area (Å²) in [5.74, 6) is -0.486. The highest BCUT2D eigenvalue weighted by atomic mass is 35.5. The van der Waals surface area contributed by atoms with Crippen molar-refractivity contribution < 1.29 is 18.7 Å². The van der Waals surface area contributed by atoms with E-state index in [1.54, 1.807) is 65.7 Å². The predicted octanol–water partition coefficient (Wildman–Crippen LogP) is 7.03. The Balaban J connectivity index is 1.54. The van der Waals surface area contributed by atoms with Crippen LogP contribution in [-0.4, -0.2) is 23.4 Å². The van der Waals surface area contributed by atoms with Crippen LogP contribution in [0.15, 0.2) is 117 Å². The van der Waals surface area contributed by atoms with Crippen LogP contribution in [0.2, 0.25) is 5.02 Å². The van der Waals surface area contributed by atoms with Crippen LogP contribution < -0.4 is 19.6 Å². The highest BCUT2D eigenvalue weighted by molar-refractivity contribution is 7.98. The van der Waals surface area contributed by atoms with Gasteiger partial charge in [-0.2, -0.15) is 0 Å². The van der Waals surface area contributed by atoms with Crippen LogP contribution in [0.5, 0.6) is 5.75 Å². The molecule has 0 N–H and O–H groups in total. The molecule has 0 saturated carbocycles. The van der Waals surface area contributed by atoms with Gasteiger partial charge in [0.2, 0.25) is 0 Å². The molecule has 46 heavy (non-hydrogen) atoms. The number of thioether (sulfide) groups is 1. The molecule has 2 heterocycles. The molecule has 0 radical (unpaired) electrons. The zero-order chi connectivity index (χ0) is 32.2. The number of aromatic nitrogens is 1. The SMILES string of the molecule is CCOC(=O)C1=C(c2ccccc2)N=c2s/c(=C\c3cc(Cl)ccc3OCc3ccccc3F)c(=O)n2[C@@H]1c1ccc(SC)cc1. The second-order valence-electron chi connectivity index (χ2n) is 10.3. The number of hydrogen-bond acceptors (Lipinski definition) is 7. The molecule has 232 valence electrons. The zero-order valence-corrected chi connectivity index (χ0v) is 27.3. The maximum atomic E-state index is 14.3. The van der Waals surface area contributed by atoms with Gasteiger partial charge in [0, 0.05) is 26.6 Å². The lowest BCUT2D eigenvalue weighted by molar-refractivity contribution is -0.138. The molecule has 0 fully saturated rings. The van der Waals surface area contributed by atoms with Crippen LogP contribution in [-0.2, 0) is 16.1 Å². The molecule has 0 bridgehead atoms. The van der Waals surface area contributed by atoms with Gasteiger partial charge in [0.25, 0.3) is 5.56 Å². The maximum Gasteiger partial charge on any atom is 0.338 e. The highest BCUT2D eigenvalue weighted by Crippen LogP contribution is 2.36. The van der Waals surface area contributed by atoms with Gasteiger partial charge in [-0.3, -0.25) is 9.36 Å². The number of carbonyl (C=O) groups excluding carboxylic acids is 1. The average Bonchev–Trinajstić information content (AvgIpc) is 3.38. The largest absolute Gasteiger partial charge is 0.488 e. The first-order valence-corrected chi connectivity index (χ1v) is 16.9. The van der Waals surface area contributed by atoms with Crippen molar-refractivity contribution in [2.24, 2.45) is 4.99 Å². The van der Waals surface area contributed by atoms with Gasteiger partial charge in [0.1, 0.15) is 18.2 Å². The fourth-order valence-electron chi connectivity index (χ4n) is 5.22. The van der Waals surface area contributed by atoms with E-state index >= 15 is 0 Å². The number of ether oxygens (including phenoxy) is 2. The summed E-state index contributed by atoms with van der Waals surface area (Å²) >= 11 is 9.17. The Kier molecular flexibility index (Phi) is 9.53. The molecule has 1 atom stereocenters. The minimum Gasteiger partial charge on any atom is -0.488 e. The molecule has 6 rings (SSSR count). The van der Waals surface area contributed by atoms with Crippen LogP contribution in [0.1, 0.15) is 35.2 Å². The quantitative estimate of drug-likeness (QED) is 0.124. The number of hydrogen-bond donors (Lipinski definition) is 0. The molecule has 1 aliphatic heterocycles. The van der Waals surface area contributed by atoms with Crippen LogP contribution in [0.4, 0.5) is 4.39 Å². The summed E-state index contributed by atoms with van der Waals surface area (Å²) in [6, 6.07) is 27.8. The second kappa shape index (κ2) is 13.9. The monoisotopic (exact) mass is 670 g/mol. The lowest BCUT2D eigenvalue weighted by atomic mass is 9.93. The molecule has 0 amide bonds. The smallest absolute Gasteiger partial charge is 0.338 e. The van der Waals surface area contributed by atoms with E-state index in [1.165, 1.54) is 17.4 Å². The van der Waals surface area contributed by atoms with Gasteiger partial charge < -0.3 is 9.47 Å². The lowest BCUT2D eigenvalue weighted by Gasteiger charge is -2.26. The topological polar surface area (TPSA) is 69.9 Å². The Morgan fingerprint density at radius 1 is 1.04 bits per heavy atom.